The van der Waals surface area contributed by atoms with Crippen LogP contribution in [0.15, 0.2) is 29.2 Å². The molecule has 2 aromatic rings. The maximum atomic E-state index is 12.4. The van der Waals surface area contributed by atoms with Crippen molar-refractivity contribution in [3.63, 3.8) is 0 Å². The molecule has 0 radical (unpaired) electrons. The van der Waals surface area contributed by atoms with E-state index in [9.17, 15) is 14.4 Å². The van der Waals surface area contributed by atoms with Gasteiger partial charge in [-0.15, -0.1) is 11.3 Å². The Morgan fingerprint density at radius 2 is 2.20 bits per heavy atom. The summed E-state index contributed by atoms with van der Waals surface area (Å²) in [6.45, 7) is 2.08. The molecule has 1 N–H and O–H groups in total. The number of esters is 1. The molecular weight excluding hydrogens is 340 g/mol. The average Bonchev–Trinajstić information content (AvgIpc) is 2.92. The van der Waals surface area contributed by atoms with Crippen LogP contribution < -0.4 is 10.9 Å². The Morgan fingerprint density at radius 1 is 1.40 bits per heavy atom. The van der Waals surface area contributed by atoms with Crippen LogP contribution in [0.2, 0.25) is 0 Å². The van der Waals surface area contributed by atoms with Crippen molar-refractivity contribution in [2.24, 2.45) is 5.92 Å². The predicted molar refractivity (Wildman–Crippen MR) is 96.2 cm³/mol. The van der Waals surface area contributed by atoms with Gasteiger partial charge in [-0.25, -0.2) is 4.79 Å². The molecule has 1 unspecified atom stereocenters. The van der Waals surface area contributed by atoms with Crippen LogP contribution in [0.3, 0.4) is 0 Å². The topological polar surface area (TPSA) is 77.4 Å². The Morgan fingerprint density at radius 3 is 2.92 bits per heavy atom. The van der Waals surface area contributed by atoms with Crippen LogP contribution in [0.1, 0.15) is 34.1 Å². The van der Waals surface area contributed by atoms with Crippen molar-refractivity contribution in [1.29, 1.82) is 0 Å². The predicted octanol–water partition coefficient (Wildman–Crippen LogP) is 2.46. The highest BCUT2D eigenvalue weighted by atomic mass is 32.1. The van der Waals surface area contributed by atoms with Crippen LogP contribution >= 0.6 is 11.3 Å². The Labute approximate surface area is 149 Å². The Hall–Kier alpha value is -2.41. The number of fused-ring (bicyclic) bond motifs is 1. The maximum absolute atomic E-state index is 12.4. The number of anilines is 1. The lowest BCUT2D eigenvalue weighted by molar-refractivity contribution is -0.116. The number of nitrogens with zero attached hydrogens (tertiary/aromatic N) is 1. The number of methoxy groups -OCH3 is 1. The summed E-state index contributed by atoms with van der Waals surface area (Å²) < 4.78 is 6.23. The number of rotatable bonds is 4. The molecule has 2 aromatic heterocycles. The molecule has 0 fully saturated rings. The third kappa shape index (κ3) is 3.66. The number of ether oxygens (including phenoxy) is 1. The minimum atomic E-state index is -0.431. The molecule has 6 nitrogen and oxygen atoms in total. The molecule has 1 amide bonds. The zero-order valence-electron chi connectivity index (χ0n) is 14.2. The first-order chi connectivity index (χ1) is 12.0. The normalized spacial score (nSPS) is 16.2. The second kappa shape index (κ2) is 7.23. The number of amides is 1. The second-order valence-corrected chi connectivity index (χ2v) is 7.37. The van der Waals surface area contributed by atoms with Crippen molar-refractivity contribution >= 4 is 28.2 Å². The highest BCUT2D eigenvalue weighted by molar-refractivity contribution is 7.17. The average molecular weight is 360 g/mol. The fourth-order valence-electron chi connectivity index (χ4n) is 3.07. The first-order valence-electron chi connectivity index (χ1n) is 8.17. The summed E-state index contributed by atoms with van der Waals surface area (Å²) >= 11 is 1.43. The monoisotopic (exact) mass is 360 g/mol. The van der Waals surface area contributed by atoms with E-state index in [0.29, 0.717) is 16.5 Å². The zero-order chi connectivity index (χ0) is 18.0. The lowest BCUT2D eigenvalue weighted by atomic mass is 9.88. The van der Waals surface area contributed by atoms with Crippen molar-refractivity contribution in [3.8, 4) is 0 Å². The maximum Gasteiger partial charge on any atom is 0.341 e. The summed E-state index contributed by atoms with van der Waals surface area (Å²) in [5.74, 6) is -0.215. The first-order valence-corrected chi connectivity index (χ1v) is 8.99. The summed E-state index contributed by atoms with van der Waals surface area (Å²) in [5, 5.41) is 3.31. The van der Waals surface area contributed by atoms with Gasteiger partial charge in [-0.1, -0.05) is 13.0 Å². The van der Waals surface area contributed by atoms with E-state index < -0.39 is 5.97 Å². The van der Waals surface area contributed by atoms with Crippen molar-refractivity contribution in [2.45, 2.75) is 32.7 Å². The number of nitrogens with one attached hydrogen (secondary N) is 1. The van der Waals surface area contributed by atoms with Gasteiger partial charge >= 0.3 is 5.97 Å². The summed E-state index contributed by atoms with van der Waals surface area (Å²) in [5.41, 5.74) is 1.20. The van der Waals surface area contributed by atoms with Gasteiger partial charge in [0, 0.05) is 17.1 Å². The van der Waals surface area contributed by atoms with E-state index in [0.717, 1.165) is 29.7 Å². The number of carbonyl (C=O) groups excluding carboxylic acids is 2. The van der Waals surface area contributed by atoms with Gasteiger partial charge in [-0.05, 0) is 36.8 Å². The van der Waals surface area contributed by atoms with Gasteiger partial charge in [0.2, 0.25) is 5.91 Å². The largest absolute Gasteiger partial charge is 0.465 e. The first kappa shape index (κ1) is 17.4. The van der Waals surface area contributed by atoms with Gasteiger partial charge in [-0.2, -0.15) is 0 Å². The molecule has 0 aromatic carbocycles. The van der Waals surface area contributed by atoms with E-state index in [2.05, 4.69) is 12.2 Å². The smallest absolute Gasteiger partial charge is 0.341 e. The quantitative estimate of drug-likeness (QED) is 0.850. The molecule has 2 heterocycles. The molecule has 0 aliphatic heterocycles. The van der Waals surface area contributed by atoms with E-state index in [1.54, 1.807) is 18.3 Å². The molecule has 0 saturated carbocycles. The molecule has 132 valence electrons. The van der Waals surface area contributed by atoms with E-state index >= 15 is 0 Å². The molecule has 1 aliphatic rings. The SMILES string of the molecule is COC(=O)c1c(NC(=O)Cn2ccccc2=O)sc2c1CCC(C)C2. The van der Waals surface area contributed by atoms with Gasteiger partial charge in [-0.3, -0.25) is 9.59 Å². The van der Waals surface area contributed by atoms with Crippen LogP contribution in [0.4, 0.5) is 5.00 Å². The van der Waals surface area contributed by atoms with E-state index in [-0.39, 0.29) is 18.0 Å². The molecular formula is C18H20N2O4S. The number of hydrogen-bond acceptors (Lipinski definition) is 5. The van der Waals surface area contributed by atoms with E-state index in [1.165, 1.54) is 29.1 Å². The minimum absolute atomic E-state index is 0.0980. The Bertz CT molecular complexity index is 868. The molecule has 7 heteroatoms. The number of aromatic nitrogens is 1. The molecule has 1 atom stereocenters. The summed E-state index contributed by atoms with van der Waals surface area (Å²) in [4.78, 5) is 37.4. The van der Waals surface area contributed by atoms with Crippen molar-refractivity contribution in [3.05, 3.63) is 50.8 Å². The van der Waals surface area contributed by atoms with E-state index in [4.69, 9.17) is 4.74 Å². The van der Waals surface area contributed by atoms with Gasteiger partial charge < -0.3 is 14.6 Å². The van der Waals surface area contributed by atoms with Crippen molar-refractivity contribution in [1.82, 2.24) is 4.57 Å². The number of carbonyl (C=O) groups is 2. The Balaban J connectivity index is 1.86. The minimum Gasteiger partial charge on any atom is -0.465 e. The number of pyridine rings is 1. The summed E-state index contributed by atoms with van der Waals surface area (Å²) in [6.07, 6.45) is 4.29. The third-order valence-electron chi connectivity index (χ3n) is 4.37. The fraction of sp³-hybridized carbons (Fsp3) is 0.389. The molecule has 0 spiro atoms. The number of hydrogen-bond donors (Lipinski definition) is 1. The Kier molecular flexibility index (Phi) is 5.03. The van der Waals surface area contributed by atoms with Gasteiger partial charge in [0.05, 0.1) is 12.7 Å². The van der Waals surface area contributed by atoms with Gasteiger partial charge in [0.15, 0.2) is 0 Å². The van der Waals surface area contributed by atoms with Crippen molar-refractivity contribution < 1.29 is 14.3 Å². The highest BCUT2D eigenvalue weighted by Gasteiger charge is 2.28. The van der Waals surface area contributed by atoms with Gasteiger partial charge in [0.1, 0.15) is 11.5 Å². The van der Waals surface area contributed by atoms with Gasteiger partial charge in [0.25, 0.3) is 5.56 Å². The summed E-state index contributed by atoms with van der Waals surface area (Å²) in [7, 11) is 1.34. The van der Waals surface area contributed by atoms with Crippen molar-refractivity contribution in [2.75, 3.05) is 12.4 Å². The summed E-state index contributed by atoms with van der Waals surface area (Å²) in [6, 6.07) is 4.72. The molecule has 0 bridgehead atoms. The van der Waals surface area contributed by atoms with E-state index in [1.807, 2.05) is 0 Å². The molecule has 3 rings (SSSR count). The van der Waals surface area contributed by atoms with Crippen LogP contribution in [-0.2, 0) is 28.9 Å². The van der Waals surface area contributed by atoms with Crippen LogP contribution in [0.25, 0.3) is 0 Å². The van der Waals surface area contributed by atoms with Crippen LogP contribution in [0, 0.1) is 5.92 Å². The zero-order valence-corrected chi connectivity index (χ0v) is 15.0. The lowest BCUT2D eigenvalue weighted by Crippen LogP contribution is -2.26. The second-order valence-electron chi connectivity index (χ2n) is 6.26. The molecule has 25 heavy (non-hydrogen) atoms. The highest BCUT2D eigenvalue weighted by Crippen LogP contribution is 2.40. The standard InChI is InChI=1S/C18H20N2O4S/c1-11-6-7-12-13(9-11)25-17(16(12)18(23)24-2)19-14(21)10-20-8-4-3-5-15(20)22/h3-5,8,11H,6-7,9-10H2,1-2H3,(H,19,21). The molecule has 0 saturated heterocycles. The lowest BCUT2D eigenvalue weighted by Gasteiger charge is -2.18. The molecule has 1 aliphatic carbocycles. The van der Waals surface area contributed by atoms with Crippen LogP contribution in [-0.4, -0.2) is 23.6 Å². The third-order valence-corrected chi connectivity index (χ3v) is 5.54. The number of thiophene rings is 1. The fourth-order valence-corrected chi connectivity index (χ4v) is 4.48. The van der Waals surface area contributed by atoms with Crippen LogP contribution in [0.5, 0.6) is 0 Å².